The second-order valence-electron chi connectivity index (χ2n) is 1.14. The highest BCUT2D eigenvalue weighted by Gasteiger charge is 1.96. The fourth-order valence-electron chi connectivity index (χ4n) is 0. The molecule has 0 spiro atoms. The van der Waals surface area contributed by atoms with Crippen LogP contribution in [-0.2, 0) is 4.79 Å². The molecule has 0 fully saturated rings. The lowest BCUT2D eigenvalue weighted by molar-refractivity contribution is -0.118. The molecule has 1 radical (unpaired) electrons. The molecule has 0 rings (SSSR count). The lowest BCUT2D eigenvalue weighted by Gasteiger charge is -1.90. The minimum atomic E-state index is -0.775. The third kappa shape index (κ3) is 2.11. The van der Waals surface area contributed by atoms with E-state index in [2.05, 4.69) is 0 Å². The number of carbonyl (C=O) groups is 1. The molecule has 0 aromatic rings. The minimum Gasteiger partial charge on any atom is -0.386 e. The van der Waals surface area contributed by atoms with Crippen LogP contribution in [0.2, 0.25) is 0 Å². The van der Waals surface area contributed by atoms with Crippen LogP contribution in [0.5, 0.6) is 0 Å². The smallest absolute Gasteiger partial charge is 0.129 e. The van der Waals surface area contributed by atoms with Gasteiger partial charge in [0, 0.05) is 0 Å². The molecule has 2 nitrogen and oxygen atoms in total. The van der Waals surface area contributed by atoms with E-state index in [1.165, 1.54) is 17.2 Å². The summed E-state index contributed by atoms with van der Waals surface area (Å²) in [7, 11) is 1.17. The molecule has 0 aliphatic rings. The molecule has 3 heteroatoms. The summed E-state index contributed by atoms with van der Waals surface area (Å²) in [6.07, 6.45) is -0.775. The van der Waals surface area contributed by atoms with E-state index in [1.807, 2.05) is 0 Å². The molecule has 0 bridgehead atoms. The summed E-state index contributed by atoms with van der Waals surface area (Å²) in [5.74, 6) is 0. The fraction of sp³-hybridized carbons (Fsp3) is 0.667. The van der Waals surface area contributed by atoms with Gasteiger partial charge in [-0.25, -0.2) is 0 Å². The highest BCUT2D eigenvalue weighted by Crippen LogP contribution is 1.72. The molecule has 0 saturated carbocycles. The molecule has 0 heterocycles. The van der Waals surface area contributed by atoms with Crippen LogP contribution in [0.1, 0.15) is 6.92 Å². The summed E-state index contributed by atoms with van der Waals surface area (Å²) in [4.78, 5) is 9.91. The van der Waals surface area contributed by atoms with Crippen LogP contribution in [0.15, 0.2) is 0 Å². The third-order valence-corrected chi connectivity index (χ3v) is 1.06. The first-order valence-electron chi connectivity index (χ1n) is 1.68. The Labute approximate surface area is 39.6 Å². The number of hydrogen-bond acceptors (Lipinski definition) is 2. The minimum absolute atomic E-state index is 0.157. The Morgan fingerprint density at radius 3 is 2.17 bits per heavy atom. The molecule has 0 aliphatic carbocycles. The Kier molecular flexibility index (Phi) is 2.04. The predicted octanol–water partition coefficient (Wildman–Crippen LogP) is -1.47. The van der Waals surface area contributed by atoms with E-state index in [0.29, 0.717) is 0 Å². The van der Waals surface area contributed by atoms with Gasteiger partial charge in [-0.2, -0.15) is 0 Å². The Balaban J connectivity index is 3.26. The molecule has 0 aromatic carbocycles. The van der Waals surface area contributed by atoms with Gasteiger partial charge in [0.1, 0.15) is 21.8 Å². The normalized spacial score (nSPS) is 13.8. The van der Waals surface area contributed by atoms with Crippen LogP contribution in [0, 0.1) is 0 Å². The van der Waals surface area contributed by atoms with Crippen LogP contribution in [0.3, 0.4) is 0 Å². The molecular weight excluding hydrogens is 96.1 g/mol. The molecular formula is C3H7O2Si. The largest absolute Gasteiger partial charge is 0.386 e. The van der Waals surface area contributed by atoms with Crippen molar-refractivity contribution in [2.24, 2.45) is 0 Å². The van der Waals surface area contributed by atoms with E-state index in [9.17, 15) is 4.79 Å². The van der Waals surface area contributed by atoms with Crippen molar-refractivity contribution in [1.82, 2.24) is 0 Å². The average molecular weight is 103 g/mol. The number of carbonyl (C=O) groups excluding carboxylic acids is 1. The van der Waals surface area contributed by atoms with E-state index in [4.69, 9.17) is 5.11 Å². The molecule has 0 amide bonds. The van der Waals surface area contributed by atoms with Gasteiger partial charge in [0.15, 0.2) is 0 Å². The highest BCUT2D eigenvalue weighted by molar-refractivity contribution is 6.58. The average Bonchev–Trinajstić information content (AvgIpc) is 1.36. The molecule has 1 atom stereocenters. The molecule has 0 saturated heterocycles. The summed E-state index contributed by atoms with van der Waals surface area (Å²) in [5.41, 5.74) is 0. The van der Waals surface area contributed by atoms with E-state index < -0.39 is 6.10 Å². The maximum absolute atomic E-state index is 9.91. The van der Waals surface area contributed by atoms with E-state index in [0.717, 1.165) is 0 Å². The maximum Gasteiger partial charge on any atom is 0.129 e. The number of hydrogen-bond donors (Lipinski definition) is 1. The standard InChI is InChI=1S/C3H7O2Si/c1-2(4)3(5)6/h2,4H,6H2,1H3. The number of rotatable bonds is 1. The van der Waals surface area contributed by atoms with Crippen LogP contribution in [0.4, 0.5) is 0 Å². The quantitative estimate of drug-likeness (QED) is 0.411. The van der Waals surface area contributed by atoms with Crippen molar-refractivity contribution < 1.29 is 9.90 Å². The van der Waals surface area contributed by atoms with Crippen molar-refractivity contribution >= 4 is 15.6 Å². The molecule has 1 N–H and O–H groups in total. The van der Waals surface area contributed by atoms with Crippen molar-refractivity contribution in [3.8, 4) is 0 Å². The first-order chi connectivity index (χ1) is 2.64. The van der Waals surface area contributed by atoms with Gasteiger partial charge in [-0.3, -0.25) is 0 Å². The van der Waals surface area contributed by atoms with Crippen molar-refractivity contribution in [2.75, 3.05) is 0 Å². The molecule has 6 heavy (non-hydrogen) atoms. The topological polar surface area (TPSA) is 37.3 Å². The number of aliphatic hydroxyl groups is 1. The van der Waals surface area contributed by atoms with Crippen molar-refractivity contribution in [3.05, 3.63) is 0 Å². The summed E-state index contributed by atoms with van der Waals surface area (Å²) in [6, 6.07) is 0. The summed E-state index contributed by atoms with van der Waals surface area (Å²) < 4.78 is 0. The zero-order chi connectivity index (χ0) is 5.15. The highest BCUT2D eigenvalue weighted by atomic mass is 28.1. The second-order valence-corrected chi connectivity index (χ2v) is 1.84. The molecule has 35 valence electrons. The van der Waals surface area contributed by atoms with Crippen molar-refractivity contribution in [2.45, 2.75) is 13.0 Å². The van der Waals surface area contributed by atoms with Gasteiger partial charge < -0.3 is 9.90 Å². The third-order valence-electron chi connectivity index (χ3n) is 0.466. The molecule has 0 aliphatic heterocycles. The lowest BCUT2D eigenvalue weighted by Crippen LogP contribution is -2.14. The van der Waals surface area contributed by atoms with Gasteiger partial charge in [0.05, 0.1) is 0 Å². The fourth-order valence-corrected chi connectivity index (χ4v) is 0. The molecule has 1 unspecified atom stereocenters. The van der Waals surface area contributed by atoms with Crippen LogP contribution in [-0.4, -0.2) is 26.9 Å². The van der Waals surface area contributed by atoms with E-state index >= 15 is 0 Å². The van der Waals surface area contributed by atoms with Gasteiger partial charge in [-0.15, -0.1) is 0 Å². The van der Waals surface area contributed by atoms with Crippen LogP contribution >= 0.6 is 0 Å². The maximum atomic E-state index is 9.91. The Morgan fingerprint density at radius 2 is 2.17 bits per heavy atom. The van der Waals surface area contributed by atoms with Crippen LogP contribution < -0.4 is 0 Å². The zero-order valence-electron chi connectivity index (χ0n) is 3.64. The zero-order valence-corrected chi connectivity index (χ0v) is 5.05. The lowest BCUT2D eigenvalue weighted by atomic mass is 10.5. The predicted molar refractivity (Wildman–Crippen MR) is 25.2 cm³/mol. The Bertz CT molecular complexity index is 59.8. The summed E-state index contributed by atoms with van der Waals surface area (Å²) in [5, 5.41) is 8.13. The summed E-state index contributed by atoms with van der Waals surface area (Å²) in [6.45, 7) is 1.45. The van der Waals surface area contributed by atoms with Gasteiger partial charge in [-0.1, -0.05) is 0 Å². The first kappa shape index (κ1) is 5.85. The monoisotopic (exact) mass is 103 g/mol. The van der Waals surface area contributed by atoms with Crippen molar-refractivity contribution in [1.29, 1.82) is 0 Å². The van der Waals surface area contributed by atoms with E-state index in [1.54, 1.807) is 0 Å². The molecule has 0 aromatic heterocycles. The Hall–Kier alpha value is -0.153. The van der Waals surface area contributed by atoms with E-state index in [-0.39, 0.29) is 5.41 Å². The SMILES string of the molecule is CC(O)C(=O)[SiH2]. The van der Waals surface area contributed by atoms with Crippen molar-refractivity contribution in [3.63, 3.8) is 0 Å². The van der Waals surface area contributed by atoms with Gasteiger partial charge >= 0.3 is 0 Å². The van der Waals surface area contributed by atoms with Crippen LogP contribution in [0.25, 0.3) is 0 Å². The van der Waals surface area contributed by atoms with Gasteiger partial charge in [0.25, 0.3) is 0 Å². The van der Waals surface area contributed by atoms with Gasteiger partial charge in [-0.05, 0) is 6.92 Å². The number of aliphatic hydroxyl groups excluding tert-OH is 1. The first-order valence-corrected chi connectivity index (χ1v) is 2.39. The second kappa shape index (κ2) is 2.10. The Morgan fingerprint density at radius 1 is 2.00 bits per heavy atom. The van der Waals surface area contributed by atoms with Gasteiger partial charge in [0.2, 0.25) is 0 Å². The summed E-state index contributed by atoms with van der Waals surface area (Å²) >= 11 is 0.